The second-order valence-corrected chi connectivity index (χ2v) is 6.90. The fourth-order valence-corrected chi connectivity index (χ4v) is 3.04. The quantitative estimate of drug-likeness (QED) is 0.586. The van der Waals surface area contributed by atoms with E-state index in [1.807, 2.05) is 0 Å². The maximum absolute atomic E-state index is 12.4. The Morgan fingerprint density at radius 2 is 1.70 bits per heavy atom. The maximum Gasteiger partial charge on any atom is 0.261 e. The number of aliphatic hydroxyl groups excluding tert-OH is 1. The molecule has 6 nitrogen and oxygen atoms in total. The zero-order valence-corrected chi connectivity index (χ0v) is 15.8. The molecule has 2 amide bonds. The number of imide groups is 1. The molecule has 1 atom stereocenters. The predicted octanol–water partition coefficient (Wildman–Crippen LogP) is 3.23. The third-order valence-electron chi connectivity index (χ3n) is 4.09. The fraction of sp³-hybridized carbons (Fsp3) is 0.211. The van der Waals surface area contributed by atoms with Gasteiger partial charge in [0, 0.05) is 5.56 Å². The Morgan fingerprint density at radius 1 is 1.11 bits per heavy atom. The SMILES string of the molecule is CC(=O)c1cccc(OC[C@@H](O)CN2C(=O)c3cc(Cl)c(Cl)cc3C2=O)c1. The van der Waals surface area contributed by atoms with Gasteiger partial charge in [0.15, 0.2) is 5.78 Å². The summed E-state index contributed by atoms with van der Waals surface area (Å²) in [6, 6.07) is 9.20. The molecule has 0 unspecified atom stereocenters. The number of Topliss-reactive ketones (excluding diaryl/α,β-unsaturated/α-hetero) is 1. The number of carbonyl (C=O) groups excluding carboxylic acids is 3. The van der Waals surface area contributed by atoms with Crippen molar-refractivity contribution in [1.82, 2.24) is 4.90 Å². The van der Waals surface area contributed by atoms with E-state index in [0.717, 1.165) is 4.90 Å². The molecule has 1 heterocycles. The van der Waals surface area contributed by atoms with Crippen LogP contribution in [0.15, 0.2) is 36.4 Å². The van der Waals surface area contributed by atoms with E-state index >= 15 is 0 Å². The Labute approximate surface area is 165 Å². The van der Waals surface area contributed by atoms with Gasteiger partial charge in [0.1, 0.15) is 18.5 Å². The molecule has 1 aliphatic rings. The maximum atomic E-state index is 12.4. The number of amides is 2. The number of rotatable bonds is 6. The molecule has 8 heteroatoms. The highest BCUT2D eigenvalue weighted by Crippen LogP contribution is 2.31. The number of benzene rings is 2. The first kappa shape index (κ1) is 19.4. The molecule has 1 aliphatic heterocycles. The van der Waals surface area contributed by atoms with Gasteiger partial charge in [0.05, 0.1) is 27.7 Å². The summed E-state index contributed by atoms with van der Waals surface area (Å²) in [5.41, 5.74) is 0.782. The van der Waals surface area contributed by atoms with Crippen LogP contribution in [0.25, 0.3) is 0 Å². The molecule has 0 saturated carbocycles. The van der Waals surface area contributed by atoms with E-state index in [1.165, 1.54) is 19.1 Å². The van der Waals surface area contributed by atoms with E-state index in [9.17, 15) is 19.5 Å². The molecule has 0 saturated heterocycles. The monoisotopic (exact) mass is 407 g/mol. The highest BCUT2D eigenvalue weighted by atomic mass is 35.5. The molecule has 2 aromatic rings. The van der Waals surface area contributed by atoms with Crippen LogP contribution < -0.4 is 4.74 Å². The van der Waals surface area contributed by atoms with Gasteiger partial charge < -0.3 is 9.84 Å². The standard InChI is InChI=1S/C19H15Cl2NO5/c1-10(23)11-3-2-4-13(5-11)27-9-12(24)8-22-18(25)14-6-16(20)17(21)7-15(14)19(22)26/h2-7,12,24H,8-9H2,1H3/t12-/m0/s1. The van der Waals surface area contributed by atoms with Crippen molar-refractivity contribution in [2.45, 2.75) is 13.0 Å². The van der Waals surface area contributed by atoms with Crippen molar-refractivity contribution in [2.75, 3.05) is 13.2 Å². The normalized spacial score (nSPS) is 14.3. The van der Waals surface area contributed by atoms with Gasteiger partial charge in [-0.05, 0) is 31.2 Å². The lowest BCUT2D eigenvalue weighted by atomic mass is 10.1. The number of carbonyl (C=O) groups is 3. The molecule has 0 fully saturated rings. The summed E-state index contributed by atoms with van der Waals surface area (Å²) in [5, 5.41) is 10.5. The average molecular weight is 408 g/mol. The number of hydrogen-bond acceptors (Lipinski definition) is 5. The number of β-amino-alcohol motifs (C(OH)–C–C–N with tert-alkyl or cyclic N) is 1. The molecule has 0 aliphatic carbocycles. The first-order valence-corrected chi connectivity index (χ1v) is 8.80. The number of aliphatic hydroxyl groups is 1. The third kappa shape index (κ3) is 3.98. The molecule has 27 heavy (non-hydrogen) atoms. The van der Waals surface area contributed by atoms with Crippen molar-refractivity contribution in [3.63, 3.8) is 0 Å². The van der Waals surface area contributed by atoms with E-state index in [2.05, 4.69) is 0 Å². The Bertz CT molecular complexity index is 903. The zero-order chi connectivity index (χ0) is 19.7. The van der Waals surface area contributed by atoms with E-state index in [1.54, 1.807) is 24.3 Å². The van der Waals surface area contributed by atoms with Crippen LogP contribution in [0, 0.1) is 0 Å². The molecule has 1 N–H and O–H groups in total. The van der Waals surface area contributed by atoms with Crippen LogP contribution in [-0.2, 0) is 0 Å². The summed E-state index contributed by atoms with van der Waals surface area (Å²) >= 11 is 11.8. The number of fused-ring (bicyclic) bond motifs is 1. The minimum absolute atomic E-state index is 0.107. The van der Waals surface area contributed by atoms with Crippen LogP contribution in [0.3, 0.4) is 0 Å². The van der Waals surface area contributed by atoms with E-state index in [-0.39, 0.29) is 40.1 Å². The summed E-state index contributed by atoms with van der Waals surface area (Å²) in [7, 11) is 0. The Hall–Kier alpha value is -2.41. The molecule has 0 spiro atoms. The van der Waals surface area contributed by atoms with Gasteiger partial charge in [0.25, 0.3) is 11.8 Å². The summed E-state index contributed by atoms with van der Waals surface area (Å²) in [6.45, 7) is 1.04. The second-order valence-electron chi connectivity index (χ2n) is 6.08. The average Bonchev–Trinajstić information content (AvgIpc) is 2.85. The highest BCUT2D eigenvalue weighted by Gasteiger charge is 2.37. The van der Waals surface area contributed by atoms with Gasteiger partial charge in [-0.1, -0.05) is 35.3 Å². The summed E-state index contributed by atoms with van der Waals surface area (Å²) < 4.78 is 5.46. The number of hydrogen-bond donors (Lipinski definition) is 1. The lowest BCUT2D eigenvalue weighted by molar-refractivity contribution is 0.0456. The van der Waals surface area contributed by atoms with Crippen LogP contribution in [0.2, 0.25) is 10.0 Å². The van der Waals surface area contributed by atoms with Crippen LogP contribution in [0.4, 0.5) is 0 Å². The van der Waals surface area contributed by atoms with Gasteiger partial charge in [-0.15, -0.1) is 0 Å². The Balaban J connectivity index is 1.65. The van der Waals surface area contributed by atoms with Crippen LogP contribution in [0.1, 0.15) is 38.0 Å². The number of nitrogens with zero attached hydrogens (tertiary/aromatic N) is 1. The fourth-order valence-electron chi connectivity index (χ4n) is 2.71. The lowest BCUT2D eigenvalue weighted by Gasteiger charge is -2.19. The number of halogens is 2. The molecular formula is C19H15Cl2NO5. The third-order valence-corrected chi connectivity index (χ3v) is 4.81. The van der Waals surface area contributed by atoms with Crippen molar-refractivity contribution in [3.05, 3.63) is 63.1 Å². The van der Waals surface area contributed by atoms with Gasteiger partial charge in [0.2, 0.25) is 0 Å². The summed E-state index contributed by atoms with van der Waals surface area (Å²) in [5.74, 6) is -0.801. The lowest BCUT2D eigenvalue weighted by Crippen LogP contribution is -2.39. The van der Waals surface area contributed by atoms with E-state index < -0.39 is 17.9 Å². The zero-order valence-electron chi connectivity index (χ0n) is 14.2. The minimum Gasteiger partial charge on any atom is -0.491 e. The van der Waals surface area contributed by atoms with Gasteiger partial charge in [-0.2, -0.15) is 0 Å². The van der Waals surface area contributed by atoms with Crippen molar-refractivity contribution >= 4 is 40.8 Å². The van der Waals surface area contributed by atoms with Crippen LogP contribution in [0.5, 0.6) is 5.75 Å². The van der Waals surface area contributed by atoms with Gasteiger partial charge in [-0.25, -0.2) is 0 Å². The molecule has 0 bridgehead atoms. The summed E-state index contributed by atoms with van der Waals surface area (Å²) in [6.07, 6.45) is -1.11. The van der Waals surface area contributed by atoms with Crippen molar-refractivity contribution in [3.8, 4) is 5.75 Å². The van der Waals surface area contributed by atoms with Crippen LogP contribution >= 0.6 is 23.2 Å². The Morgan fingerprint density at radius 3 is 2.26 bits per heavy atom. The minimum atomic E-state index is -1.11. The van der Waals surface area contributed by atoms with Gasteiger partial charge >= 0.3 is 0 Å². The molecule has 0 radical (unpaired) electrons. The molecule has 0 aromatic heterocycles. The van der Waals surface area contributed by atoms with Crippen molar-refractivity contribution < 1.29 is 24.2 Å². The first-order valence-electron chi connectivity index (χ1n) is 8.05. The largest absolute Gasteiger partial charge is 0.491 e. The summed E-state index contributed by atoms with van der Waals surface area (Å²) in [4.78, 5) is 37.1. The number of ether oxygens (including phenoxy) is 1. The molecule has 3 rings (SSSR count). The van der Waals surface area contributed by atoms with Crippen molar-refractivity contribution in [1.29, 1.82) is 0 Å². The van der Waals surface area contributed by atoms with E-state index in [0.29, 0.717) is 11.3 Å². The number of ketones is 1. The Kier molecular flexibility index (Phi) is 5.51. The molecular weight excluding hydrogens is 393 g/mol. The molecule has 140 valence electrons. The topological polar surface area (TPSA) is 83.9 Å². The van der Waals surface area contributed by atoms with Crippen LogP contribution in [-0.4, -0.2) is 46.9 Å². The smallest absolute Gasteiger partial charge is 0.261 e. The van der Waals surface area contributed by atoms with E-state index in [4.69, 9.17) is 27.9 Å². The second kappa shape index (κ2) is 7.68. The van der Waals surface area contributed by atoms with Gasteiger partial charge in [-0.3, -0.25) is 19.3 Å². The molecule has 2 aromatic carbocycles. The predicted molar refractivity (Wildman–Crippen MR) is 99.8 cm³/mol. The first-order chi connectivity index (χ1) is 12.8. The van der Waals surface area contributed by atoms with Crippen molar-refractivity contribution in [2.24, 2.45) is 0 Å². The highest BCUT2D eigenvalue weighted by molar-refractivity contribution is 6.43.